The van der Waals surface area contributed by atoms with E-state index in [1.807, 2.05) is 36.6 Å². The van der Waals surface area contributed by atoms with Crippen molar-refractivity contribution in [1.29, 1.82) is 0 Å². The molecule has 2 N–H and O–H groups in total. The number of nitrogens with zero attached hydrogens (tertiary/aromatic N) is 7. The molecule has 1 aliphatic carbocycles. The van der Waals surface area contributed by atoms with E-state index in [2.05, 4.69) is 20.1 Å². The van der Waals surface area contributed by atoms with Crippen LogP contribution in [0.4, 0.5) is 16.2 Å². The number of imidazole rings is 1. The minimum absolute atomic E-state index is 0.298. The number of nitrogens with one attached hydrogen (secondary N) is 1. The summed E-state index contributed by atoms with van der Waals surface area (Å²) in [7, 11) is 0. The molecule has 0 spiro atoms. The SMILES string of the molecule is CC(C)(O)CN1CCN(c2ccc3c(n2)nc(-c2ccc(F)cc2)n3-c2ccnc(NC3CC3)n2)CC1. The monoisotopic (exact) mass is 502 g/mol. The smallest absolute Gasteiger partial charge is 0.224 e. The van der Waals surface area contributed by atoms with Crippen molar-refractivity contribution in [3.8, 4) is 17.2 Å². The molecule has 0 unspecified atom stereocenters. The van der Waals surface area contributed by atoms with Crippen LogP contribution in [0.5, 0.6) is 0 Å². The molecule has 10 heteroatoms. The van der Waals surface area contributed by atoms with Crippen molar-refractivity contribution in [2.24, 2.45) is 0 Å². The van der Waals surface area contributed by atoms with Gasteiger partial charge in [0.05, 0.1) is 11.1 Å². The van der Waals surface area contributed by atoms with Gasteiger partial charge >= 0.3 is 0 Å². The van der Waals surface area contributed by atoms with Crippen molar-refractivity contribution in [2.45, 2.75) is 38.3 Å². The molecule has 4 heterocycles. The predicted octanol–water partition coefficient (Wildman–Crippen LogP) is 3.48. The number of benzene rings is 1. The molecule has 6 rings (SSSR count). The Morgan fingerprint density at radius 2 is 1.70 bits per heavy atom. The van der Waals surface area contributed by atoms with Crippen molar-refractivity contribution in [2.75, 3.05) is 42.9 Å². The Balaban J connectivity index is 1.36. The standard InChI is InChI=1S/C27H31FN8O/c1-27(2,37)17-34-13-15-35(16-14-34)22-10-9-21-24(31-22)33-25(18-3-5-19(28)6-4-18)36(21)23-11-12-29-26(32-23)30-20-7-8-20/h3-6,9-12,20,37H,7-8,13-17H2,1-2H3,(H,29,30,32). The summed E-state index contributed by atoms with van der Waals surface area (Å²) < 4.78 is 15.7. The van der Waals surface area contributed by atoms with Crippen LogP contribution < -0.4 is 10.2 Å². The average Bonchev–Trinajstić information content (AvgIpc) is 3.60. The van der Waals surface area contributed by atoms with Crippen molar-refractivity contribution >= 4 is 22.9 Å². The van der Waals surface area contributed by atoms with Gasteiger partial charge in [0.2, 0.25) is 5.95 Å². The van der Waals surface area contributed by atoms with Crippen LogP contribution in [0.3, 0.4) is 0 Å². The average molecular weight is 503 g/mol. The molecule has 9 nitrogen and oxygen atoms in total. The fourth-order valence-corrected chi connectivity index (χ4v) is 4.79. The van der Waals surface area contributed by atoms with Crippen molar-refractivity contribution in [3.05, 3.63) is 54.5 Å². The van der Waals surface area contributed by atoms with Crippen molar-refractivity contribution in [3.63, 3.8) is 0 Å². The molecule has 3 aromatic heterocycles. The van der Waals surface area contributed by atoms with Crippen LogP contribution in [0, 0.1) is 5.82 Å². The Hall–Kier alpha value is -3.63. The van der Waals surface area contributed by atoms with Crippen LogP contribution in [-0.4, -0.2) is 78.9 Å². The van der Waals surface area contributed by atoms with Gasteiger partial charge in [-0.3, -0.25) is 9.47 Å². The number of hydrogen-bond acceptors (Lipinski definition) is 8. The van der Waals surface area contributed by atoms with Crippen LogP contribution in [0.25, 0.3) is 28.4 Å². The van der Waals surface area contributed by atoms with Gasteiger partial charge in [-0.25, -0.2) is 19.3 Å². The molecule has 4 aromatic rings. The highest BCUT2D eigenvalue weighted by atomic mass is 19.1. The van der Waals surface area contributed by atoms with E-state index in [1.54, 1.807) is 18.3 Å². The second-order valence-electron chi connectivity index (χ2n) is 10.5. The molecule has 0 bridgehead atoms. The van der Waals surface area contributed by atoms with Gasteiger partial charge in [0.1, 0.15) is 23.3 Å². The Labute approximate surface area is 215 Å². The highest BCUT2D eigenvalue weighted by molar-refractivity contribution is 5.81. The summed E-state index contributed by atoms with van der Waals surface area (Å²) in [6.45, 7) is 7.69. The largest absolute Gasteiger partial charge is 0.389 e. The molecule has 1 aliphatic heterocycles. The van der Waals surface area contributed by atoms with E-state index < -0.39 is 5.60 Å². The Morgan fingerprint density at radius 1 is 0.946 bits per heavy atom. The summed E-state index contributed by atoms with van der Waals surface area (Å²) in [6.07, 6.45) is 3.99. The number of aliphatic hydroxyl groups is 1. The first kappa shape index (κ1) is 23.7. The molecular weight excluding hydrogens is 471 g/mol. The van der Waals surface area contributed by atoms with E-state index in [0.717, 1.165) is 55.9 Å². The highest BCUT2D eigenvalue weighted by Crippen LogP contribution is 2.30. The number of pyridine rings is 1. The van der Waals surface area contributed by atoms with Crippen LogP contribution >= 0.6 is 0 Å². The molecule has 0 amide bonds. The first-order valence-electron chi connectivity index (χ1n) is 12.8. The second-order valence-corrected chi connectivity index (χ2v) is 10.5. The number of hydrogen-bond donors (Lipinski definition) is 2. The van der Waals surface area contributed by atoms with E-state index in [4.69, 9.17) is 15.0 Å². The Morgan fingerprint density at radius 3 is 2.41 bits per heavy atom. The number of aromatic nitrogens is 5. The summed E-state index contributed by atoms with van der Waals surface area (Å²) in [5.41, 5.74) is 1.49. The van der Waals surface area contributed by atoms with Gasteiger partial charge in [-0.15, -0.1) is 0 Å². The molecule has 1 aromatic carbocycles. The van der Waals surface area contributed by atoms with Gasteiger partial charge in [-0.1, -0.05) is 0 Å². The first-order valence-corrected chi connectivity index (χ1v) is 12.8. The lowest BCUT2D eigenvalue weighted by atomic mass is 10.1. The first-order chi connectivity index (χ1) is 17.8. The lowest BCUT2D eigenvalue weighted by molar-refractivity contribution is 0.0344. The molecule has 192 valence electrons. The summed E-state index contributed by atoms with van der Waals surface area (Å²) >= 11 is 0. The van der Waals surface area contributed by atoms with Gasteiger partial charge in [0, 0.05) is 50.5 Å². The van der Waals surface area contributed by atoms with Crippen molar-refractivity contribution in [1.82, 2.24) is 29.4 Å². The van der Waals surface area contributed by atoms with Gasteiger partial charge in [0.15, 0.2) is 5.65 Å². The summed E-state index contributed by atoms with van der Waals surface area (Å²) in [5.74, 6) is 2.47. The number of rotatable bonds is 7. The summed E-state index contributed by atoms with van der Waals surface area (Å²) in [4.78, 5) is 23.5. The topological polar surface area (TPSA) is 95.2 Å². The number of halogens is 1. The minimum Gasteiger partial charge on any atom is -0.389 e. The normalized spacial score (nSPS) is 16.9. The van der Waals surface area contributed by atoms with Gasteiger partial charge in [-0.2, -0.15) is 4.98 Å². The third-order valence-electron chi connectivity index (χ3n) is 6.69. The number of β-amino-alcohol motifs (C(OH)–C–C–N with tert-alkyl or cyclic N) is 1. The summed E-state index contributed by atoms with van der Waals surface area (Å²) in [5, 5.41) is 13.5. The van der Waals surface area contributed by atoms with Crippen LogP contribution in [-0.2, 0) is 0 Å². The van der Waals surface area contributed by atoms with Crippen LogP contribution in [0.2, 0.25) is 0 Å². The molecule has 1 saturated heterocycles. The molecular formula is C27H31FN8O. The zero-order valence-electron chi connectivity index (χ0n) is 21.1. The molecule has 0 atom stereocenters. The zero-order chi connectivity index (χ0) is 25.6. The predicted molar refractivity (Wildman–Crippen MR) is 141 cm³/mol. The maximum absolute atomic E-state index is 13.7. The molecule has 37 heavy (non-hydrogen) atoms. The fourth-order valence-electron chi connectivity index (χ4n) is 4.79. The van der Waals surface area contributed by atoms with E-state index in [1.165, 1.54) is 12.1 Å². The lowest BCUT2D eigenvalue weighted by Gasteiger charge is -2.37. The van der Waals surface area contributed by atoms with Gasteiger partial charge in [0.25, 0.3) is 0 Å². The maximum Gasteiger partial charge on any atom is 0.224 e. The third kappa shape index (κ3) is 5.26. The third-order valence-corrected chi connectivity index (χ3v) is 6.69. The van der Waals surface area contributed by atoms with E-state index in [-0.39, 0.29) is 5.82 Å². The Kier molecular flexibility index (Phi) is 6.00. The number of anilines is 2. The molecule has 0 radical (unpaired) electrons. The highest BCUT2D eigenvalue weighted by Gasteiger charge is 2.25. The number of piperazine rings is 1. The molecule has 1 saturated carbocycles. The lowest BCUT2D eigenvalue weighted by Crippen LogP contribution is -2.50. The van der Waals surface area contributed by atoms with Crippen LogP contribution in [0.1, 0.15) is 26.7 Å². The fraction of sp³-hybridized carbons (Fsp3) is 0.407. The van der Waals surface area contributed by atoms with Crippen molar-refractivity contribution < 1.29 is 9.50 Å². The number of fused-ring (bicyclic) bond motifs is 1. The quantitative estimate of drug-likeness (QED) is 0.397. The zero-order valence-corrected chi connectivity index (χ0v) is 21.1. The Bertz CT molecular complexity index is 1400. The maximum atomic E-state index is 13.7. The molecule has 2 fully saturated rings. The van der Waals surface area contributed by atoms with Crippen LogP contribution in [0.15, 0.2) is 48.7 Å². The van der Waals surface area contributed by atoms with Gasteiger partial charge in [-0.05, 0) is 69.2 Å². The summed E-state index contributed by atoms with van der Waals surface area (Å²) in [6, 6.07) is 12.6. The molecule has 2 aliphatic rings. The van der Waals surface area contributed by atoms with Gasteiger partial charge < -0.3 is 15.3 Å². The second kappa shape index (κ2) is 9.35. The minimum atomic E-state index is -0.710. The van der Waals surface area contributed by atoms with E-state index >= 15 is 0 Å². The van der Waals surface area contributed by atoms with E-state index in [0.29, 0.717) is 35.8 Å². The van der Waals surface area contributed by atoms with E-state index in [9.17, 15) is 9.50 Å².